The van der Waals surface area contributed by atoms with E-state index in [9.17, 15) is 0 Å². The number of aromatic nitrogens is 2. The molecule has 0 spiro atoms. The average Bonchev–Trinajstić information content (AvgIpc) is 2.66. The molecule has 96 valence electrons. The summed E-state index contributed by atoms with van der Waals surface area (Å²) in [5.41, 5.74) is 3.22. The maximum Gasteiger partial charge on any atom is 0.149 e. The number of aromatic amines is 1. The molecule has 1 aromatic carbocycles. The number of nitrogens with zero attached hydrogens (tertiary/aromatic N) is 2. The number of hydrogen-bond acceptors (Lipinski definition) is 2. The third-order valence-corrected chi connectivity index (χ3v) is 2.95. The number of para-hydroxylation sites is 2. The van der Waals surface area contributed by atoms with Crippen LogP contribution in [0, 0.1) is 0 Å². The second kappa shape index (κ2) is 5.48. The van der Waals surface area contributed by atoms with Crippen molar-refractivity contribution in [3.05, 3.63) is 66.0 Å². The molecule has 1 aliphatic rings. The van der Waals surface area contributed by atoms with E-state index in [0.29, 0.717) is 6.54 Å². The number of fused-ring (bicyclic) bond motifs is 1. The van der Waals surface area contributed by atoms with Crippen LogP contribution in [0.25, 0.3) is 11.0 Å². The van der Waals surface area contributed by atoms with E-state index < -0.39 is 0 Å². The zero-order valence-corrected chi connectivity index (χ0v) is 10.6. The summed E-state index contributed by atoms with van der Waals surface area (Å²) in [5, 5.41) is 0. The summed E-state index contributed by atoms with van der Waals surface area (Å²) in [5.74, 6) is 0.801. The molecule has 1 N–H and O–H groups in total. The molecule has 0 unspecified atom stereocenters. The van der Waals surface area contributed by atoms with Gasteiger partial charge in [-0.05, 0) is 24.1 Å². The molecule has 3 heteroatoms. The van der Waals surface area contributed by atoms with Gasteiger partial charge < -0.3 is 4.98 Å². The number of H-pyrrole nitrogens is 1. The van der Waals surface area contributed by atoms with Crippen molar-refractivity contribution in [3.8, 4) is 0 Å². The minimum Gasteiger partial charge on any atom is -0.337 e. The number of allylic oxidation sites excluding steroid dienone is 4. The van der Waals surface area contributed by atoms with Crippen LogP contribution >= 0.6 is 0 Å². The van der Waals surface area contributed by atoms with Crippen LogP contribution in [0.3, 0.4) is 0 Å². The lowest BCUT2D eigenvalue weighted by molar-refractivity contribution is 1.17. The van der Waals surface area contributed by atoms with Gasteiger partial charge in [0.15, 0.2) is 0 Å². The van der Waals surface area contributed by atoms with Crippen LogP contribution in [-0.2, 0) is 0 Å². The molecule has 1 heterocycles. The standard InChI is InChI=1S/C16H15N3.H2/c1-2-4-8-13(7-3-1)11-17-12-16-18-14-9-5-6-10-15(14)19-16;/h1,3-10,12H,2,11H2,(H,18,19);1H. The summed E-state index contributed by atoms with van der Waals surface area (Å²) in [6, 6.07) is 7.98. The van der Waals surface area contributed by atoms with Gasteiger partial charge in [-0.15, -0.1) is 0 Å². The SMILES string of the molecule is C1=CCC=CC(CN=Cc2nc3ccccc3[nH]2)=C1.[HH]. The molecule has 2 aromatic rings. The highest BCUT2D eigenvalue weighted by Crippen LogP contribution is 2.09. The van der Waals surface area contributed by atoms with Crippen molar-refractivity contribution in [3.63, 3.8) is 0 Å². The van der Waals surface area contributed by atoms with Gasteiger partial charge in [-0.2, -0.15) is 0 Å². The van der Waals surface area contributed by atoms with Gasteiger partial charge in [-0.3, -0.25) is 4.99 Å². The molecular formula is C16H17N3. The smallest absolute Gasteiger partial charge is 0.149 e. The van der Waals surface area contributed by atoms with Crippen molar-refractivity contribution in [2.75, 3.05) is 6.54 Å². The Kier molecular flexibility index (Phi) is 3.36. The average molecular weight is 251 g/mol. The van der Waals surface area contributed by atoms with Gasteiger partial charge in [0.25, 0.3) is 0 Å². The Morgan fingerprint density at radius 3 is 3.21 bits per heavy atom. The molecule has 1 aliphatic carbocycles. The molecule has 3 rings (SSSR count). The number of nitrogens with one attached hydrogen (secondary N) is 1. The van der Waals surface area contributed by atoms with Gasteiger partial charge in [-0.25, -0.2) is 4.98 Å². The van der Waals surface area contributed by atoms with Crippen LogP contribution in [0.15, 0.2) is 65.2 Å². The minimum atomic E-state index is 0. The molecule has 3 nitrogen and oxygen atoms in total. The van der Waals surface area contributed by atoms with Crippen LogP contribution in [0.5, 0.6) is 0 Å². The molecular weight excluding hydrogens is 234 g/mol. The van der Waals surface area contributed by atoms with Crippen molar-refractivity contribution in [2.24, 2.45) is 4.99 Å². The van der Waals surface area contributed by atoms with E-state index in [-0.39, 0.29) is 1.43 Å². The fraction of sp³-hybridized carbons (Fsp3) is 0.125. The third-order valence-electron chi connectivity index (χ3n) is 2.95. The molecule has 0 fully saturated rings. The van der Waals surface area contributed by atoms with Crippen LogP contribution in [0.4, 0.5) is 0 Å². The van der Waals surface area contributed by atoms with Crippen molar-refractivity contribution in [1.29, 1.82) is 0 Å². The normalized spacial score (nSPS) is 15.1. The van der Waals surface area contributed by atoms with Crippen molar-refractivity contribution < 1.29 is 1.43 Å². The topological polar surface area (TPSA) is 41.0 Å². The largest absolute Gasteiger partial charge is 0.337 e. The Labute approximate surface area is 113 Å². The number of benzene rings is 1. The highest BCUT2D eigenvalue weighted by atomic mass is 14.9. The predicted octanol–water partition coefficient (Wildman–Crippen LogP) is 3.67. The van der Waals surface area contributed by atoms with Crippen molar-refractivity contribution >= 4 is 17.2 Å². The van der Waals surface area contributed by atoms with Crippen molar-refractivity contribution in [1.82, 2.24) is 9.97 Å². The second-order valence-electron chi connectivity index (χ2n) is 4.42. The summed E-state index contributed by atoms with van der Waals surface area (Å²) < 4.78 is 0. The Hall–Kier alpha value is -2.42. The molecule has 0 saturated carbocycles. The first-order valence-electron chi connectivity index (χ1n) is 6.39. The van der Waals surface area contributed by atoms with Crippen LogP contribution in [0.1, 0.15) is 13.7 Å². The molecule has 0 aliphatic heterocycles. The first-order chi connectivity index (χ1) is 9.42. The van der Waals surface area contributed by atoms with Gasteiger partial charge in [0.1, 0.15) is 5.82 Å². The van der Waals surface area contributed by atoms with Crippen LogP contribution in [0.2, 0.25) is 0 Å². The number of rotatable bonds is 3. The van der Waals surface area contributed by atoms with E-state index >= 15 is 0 Å². The van der Waals surface area contributed by atoms with Gasteiger partial charge in [0.2, 0.25) is 0 Å². The third kappa shape index (κ3) is 2.88. The summed E-state index contributed by atoms with van der Waals surface area (Å²) in [7, 11) is 0. The van der Waals surface area contributed by atoms with E-state index in [1.54, 1.807) is 6.21 Å². The predicted molar refractivity (Wildman–Crippen MR) is 81.6 cm³/mol. The van der Waals surface area contributed by atoms with E-state index in [4.69, 9.17) is 0 Å². The Balaban J connectivity index is 0.00000147. The van der Waals surface area contributed by atoms with Gasteiger partial charge in [-0.1, -0.05) is 42.5 Å². The summed E-state index contributed by atoms with van der Waals surface area (Å²) in [4.78, 5) is 12.1. The van der Waals surface area contributed by atoms with E-state index in [0.717, 1.165) is 23.3 Å². The molecule has 0 radical (unpaired) electrons. The summed E-state index contributed by atoms with van der Waals surface area (Å²) >= 11 is 0. The molecule has 19 heavy (non-hydrogen) atoms. The molecule has 0 bridgehead atoms. The number of imidazole rings is 1. The van der Waals surface area contributed by atoms with Crippen LogP contribution < -0.4 is 0 Å². The van der Waals surface area contributed by atoms with Gasteiger partial charge >= 0.3 is 0 Å². The fourth-order valence-corrected chi connectivity index (χ4v) is 2.00. The maximum absolute atomic E-state index is 4.46. The fourth-order valence-electron chi connectivity index (χ4n) is 2.00. The lowest BCUT2D eigenvalue weighted by atomic mass is 10.2. The highest BCUT2D eigenvalue weighted by Gasteiger charge is 1.98. The monoisotopic (exact) mass is 251 g/mol. The van der Waals surface area contributed by atoms with Gasteiger partial charge in [0, 0.05) is 1.43 Å². The minimum absolute atomic E-state index is 0. The Morgan fingerprint density at radius 2 is 2.26 bits per heavy atom. The highest BCUT2D eigenvalue weighted by molar-refractivity contribution is 5.83. The number of aliphatic imine (C=N–C) groups is 1. The zero-order chi connectivity index (χ0) is 12.9. The lowest BCUT2D eigenvalue weighted by Gasteiger charge is -1.93. The maximum atomic E-state index is 4.46. The summed E-state index contributed by atoms with van der Waals surface area (Å²) in [6.45, 7) is 0.678. The lowest BCUT2D eigenvalue weighted by Crippen LogP contribution is -1.88. The van der Waals surface area contributed by atoms with E-state index in [2.05, 4.69) is 45.3 Å². The van der Waals surface area contributed by atoms with E-state index in [1.807, 2.05) is 24.3 Å². The molecule has 0 saturated heterocycles. The zero-order valence-electron chi connectivity index (χ0n) is 10.6. The molecule has 0 atom stereocenters. The molecule has 0 amide bonds. The second-order valence-corrected chi connectivity index (χ2v) is 4.42. The molecule has 1 aromatic heterocycles. The summed E-state index contributed by atoms with van der Waals surface area (Å²) in [6.07, 6.45) is 13.4. The first-order valence-corrected chi connectivity index (χ1v) is 6.39. The van der Waals surface area contributed by atoms with Gasteiger partial charge in [0.05, 0.1) is 23.8 Å². The quantitative estimate of drug-likeness (QED) is 0.831. The van der Waals surface area contributed by atoms with E-state index in [1.165, 1.54) is 5.57 Å². The van der Waals surface area contributed by atoms with Crippen molar-refractivity contribution in [2.45, 2.75) is 6.42 Å². The Morgan fingerprint density at radius 1 is 1.32 bits per heavy atom. The Bertz CT molecular complexity index is 660. The first kappa shape index (κ1) is 11.7. The number of hydrogen-bond donors (Lipinski definition) is 1. The van der Waals surface area contributed by atoms with Crippen LogP contribution in [-0.4, -0.2) is 22.7 Å².